The van der Waals surface area contributed by atoms with Crippen LogP contribution in [0.1, 0.15) is 44.7 Å². The van der Waals surface area contributed by atoms with Gasteiger partial charge in [-0.1, -0.05) is 52.0 Å². The first-order chi connectivity index (χ1) is 11.8. The minimum Gasteiger partial charge on any atom is -0.497 e. The number of hydrogen-bond acceptors (Lipinski definition) is 2. The van der Waals surface area contributed by atoms with E-state index in [0.717, 1.165) is 17.0 Å². The molecule has 134 valence electrons. The first-order valence-corrected chi connectivity index (χ1v) is 8.61. The molecule has 0 aromatic heterocycles. The Bertz CT molecular complexity index is 689. The highest BCUT2D eigenvalue weighted by atomic mass is 16.5. The van der Waals surface area contributed by atoms with Crippen molar-refractivity contribution in [3.8, 4) is 5.75 Å². The van der Waals surface area contributed by atoms with E-state index in [2.05, 4.69) is 38.3 Å². The van der Waals surface area contributed by atoms with E-state index in [1.807, 2.05) is 48.5 Å². The van der Waals surface area contributed by atoms with Gasteiger partial charge in [-0.25, -0.2) is 4.79 Å². The second kappa shape index (κ2) is 8.06. The lowest BCUT2D eigenvalue weighted by Crippen LogP contribution is -2.38. The van der Waals surface area contributed by atoms with Crippen LogP contribution in [0.5, 0.6) is 5.75 Å². The van der Waals surface area contributed by atoms with Gasteiger partial charge in [0.1, 0.15) is 5.75 Å². The second-order valence-corrected chi connectivity index (χ2v) is 7.20. The number of amides is 2. The Morgan fingerprint density at radius 3 is 2.16 bits per heavy atom. The van der Waals surface area contributed by atoms with Crippen molar-refractivity contribution in [3.63, 3.8) is 0 Å². The predicted octanol–water partition coefficient (Wildman–Crippen LogP) is 4.92. The minimum atomic E-state index is -0.195. The normalized spacial score (nSPS) is 11.3. The predicted molar refractivity (Wildman–Crippen MR) is 104 cm³/mol. The molecule has 2 N–H and O–H groups in total. The summed E-state index contributed by atoms with van der Waals surface area (Å²) in [4.78, 5) is 12.2. The zero-order valence-corrected chi connectivity index (χ0v) is 15.7. The third-order valence-electron chi connectivity index (χ3n) is 4.40. The van der Waals surface area contributed by atoms with Crippen LogP contribution >= 0.6 is 0 Å². The van der Waals surface area contributed by atoms with E-state index in [-0.39, 0.29) is 11.4 Å². The molecule has 0 radical (unpaired) electrons. The van der Waals surface area contributed by atoms with Crippen molar-refractivity contribution in [2.24, 2.45) is 0 Å². The highest BCUT2D eigenvalue weighted by molar-refractivity contribution is 5.89. The summed E-state index contributed by atoms with van der Waals surface area (Å²) in [5.41, 5.74) is 3.02. The third kappa shape index (κ3) is 5.24. The lowest BCUT2D eigenvalue weighted by atomic mass is 9.84. The SMILES string of the molecule is COc1ccc(C(C)(C)CNC(=O)Nc2ccc(C(C)C)cc2)cc1. The molecule has 0 bridgehead atoms. The van der Waals surface area contributed by atoms with Crippen LogP contribution in [0.2, 0.25) is 0 Å². The van der Waals surface area contributed by atoms with Crippen LogP contribution in [-0.2, 0) is 5.41 Å². The number of benzene rings is 2. The Hall–Kier alpha value is -2.49. The van der Waals surface area contributed by atoms with Gasteiger partial charge in [0, 0.05) is 17.6 Å². The molecule has 0 saturated carbocycles. The molecule has 0 unspecified atom stereocenters. The molecule has 2 aromatic carbocycles. The summed E-state index contributed by atoms with van der Waals surface area (Å²) in [5, 5.41) is 5.83. The summed E-state index contributed by atoms with van der Waals surface area (Å²) in [6.45, 7) is 9.04. The zero-order chi connectivity index (χ0) is 18.4. The van der Waals surface area contributed by atoms with Crippen LogP contribution in [0.25, 0.3) is 0 Å². The van der Waals surface area contributed by atoms with Gasteiger partial charge in [0.15, 0.2) is 0 Å². The molecule has 0 aliphatic heterocycles. The van der Waals surface area contributed by atoms with Crippen molar-refractivity contribution in [1.29, 1.82) is 0 Å². The van der Waals surface area contributed by atoms with Crippen LogP contribution in [0.15, 0.2) is 48.5 Å². The molecular weight excluding hydrogens is 312 g/mol. The highest BCUT2D eigenvalue weighted by Gasteiger charge is 2.21. The number of hydrogen-bond donors (Lipinski definition) is 2. The molecule has 0 fully saturated rings. The van der Waals surface area contributed by atoms with Crippen molar-refractivity contribution in [2.75, 3.05) is 19.0 Å². The summed E-state index contributed by atoms with van der Waals surface area (Å²) in [6.07, 6.45) is 0. The quantitative estimate of drug-likeness (QED) is 0.784. The van der Waals surface area contributed by atoms with E-state index >= 15 is 0 Å². The van der Waals surface area contributed by atoms with E-state index in [1.165, 1.54) is 5.56 Å². The molecule has 4 heteroatoms. The lowest BCUT2D eigenvalue weighted by Gasteiger charge is -2.26. The molecule has 0 saturated heterocycles. The van der Waals surface area contributed by atoms with Crippen molar-refractivity contribution in [2.45, 2.75) is 39.0 Å². The number of urea groups is 1. The van der Waals surface area contributed by atoms with Gasteiger partial charge in [0.2, 0.25) is 0 Å². The van der Waals surface area contributed by atoms with Gasteiger partial charge < -0.3 is 15.4 Å². The van der Waals surface area contributed by atoms with Gasteiger partial charge >= 0.3 is 6.03 Å². The Morgan fingerprint density at radius 1 is 1.04 bits per heavy atom. The molecule has 25 heavy (non-hydrogen) atoms. The number of carbonyl (C=O) groups is 1. The number of carbonyl (C=O) groups excluding carboxylic acids is 1. The Kier molecular flexibility index (Phi) is 6.07. The standard InChI is InChI=1S/C21H28N2O2/c1-15(2)16-6-10-18(11-7-16)23-20(24)22-14-21(3,4)17-8-12-19(25-5)13-9-17/h6-13,15H,14H2,1-5H3,(H2,22,23,24). The van der Waals surface area contributed by atoms with Crippen molar-refractivity contribution in [3.05, 3.63) is 59.7 Å². The first kappa shape index (κ1) is 18.8. The fraction of sp³-hybridized carbons (Fsp3) is 0.381. The second-order valence-electron chi connectivity index (χ2n) is 7.20. The molecule has 0 atom stereocenters. The molecule has 0 aliphatic rings. The number of anilines is 1. The van der Waals surface area contributed by atoms with Gasteiger partial charge in [-0.3, -0.25) is 0 Å². The summed E-state index contributed by atoms with van der Waals surface area (Å²) in [5.74, 6) is 1.31. The van der Waals surface area contributed by atoms with E-state index in [0.29, 0.717) is 12.5 Å². The number of methoxy groups -OCH3 is 1. The number of ether oxygens (including phenoxy) is 1. The monoisotopic (exact) mass is 340 g/mol. The maximum Gasteiger partial charge on any atom is 0.319 e. The topological polar surface area (TPSA) is 50.4 Å². The number of nitrogens with one attached hydrogen (secondary N) is 2. The van der Waals surface area contributed by atoms with Gasteiger partial charge in [-0.05, 0) is 41.3 Å². The summed E-state index contributed by atoms with van der Waals surface area (Å²) < 4.78 is 5.19. The van der Waals surface area contributed by atoms with Crippen LogP contribution < -0.4 is 15.4 Å². The van der Waals surface area contributed by atoms with E-state index in [9.17, 15) is 4.79 Å². The minimum absolute atomic E-state index is 0.175. The molecule has 2 rings (SSSR count). The van der Waals surface area contributed by atoms with E-state index in [4.69, 9.17) is 4.74 Å². The average Bonchev–Trinajstić information content (AvgIpc) is 2.60. The van der Waals surface area contributed by atoms with Gasteiger partial charge in [-0.2, -0.15) is 0 Å². The molecule has 2 amide bonds. The molecular formula is C21H28N2O2. The molecule has 2 aromatic rings. The Balaban J connectivity index is 1.91. The van der Waals surface area contributed by atoms with E-state index in [1.54, 1.807) is 7.11 Å². The molecule has 4 nitrogen and oxygen atoms in total. The van der Waals surface area contributed by atoms with Crippen molar-refractivity contribution >= 4 is 11.7 Å². The Morgan fingerprint density at radius 2 is 1.64 bits per heavy atom. The van der Waals surface area contributed by atoms with Crippen LogP contribution in [0.3, 0.4) is 0 Å². The third-order valence-corrected chi connectivity index (χ3v) is 4.40. The maximum absolute atomic E-state index is 12.2. The zero-order valence-electron chi connectivity index (χ0n) is 15.7. The van der Waals surface area contributed by atoms with Gasteiger partial charge in [0.05, 0.1) is 7.11 Å². The highest BCUT2D eigenvalue weighted by Crippen LogP contribution is 2.24. The van der Waals surface area contributed by atoms with Crippen molar-refractivity contribution < 1.29 is 9.53 Å². The largest absolute Gasteiger partial charge is 0.497 e. The summed E-state index contributed by atoms with van der Waals surface area (Å²) in [6, 6.07) is 15.7. The summed E-state index contributed by atoms with van der Waals surface area (Å²) in [7, 11) is 1.65. The average molecular weight is 340 g/mol. The maximum atomic E-state index is 12.2. The van der Waals surface area contributed by atoms with Crippen LogP contribution in [0.4, 0.5) is 10.5 Å². The Labute approximate surface area is 150 Å². The number of rotatable bonds is 6. The van der Waals surface area contributed by atoms with E-state index < -0.39 is 0 Å². The lowest BCUT2D eigenvalue weighted by molar-refractivity contribution is 0.249. The van der Waals surface area contributed by atoms with Crippen LogP contribution in [0, 0.1) is 0 Å². The molecule has 0 aliphatic carbocycles. The molecule has 0 spiro atoms. The smallest absolute Gasteiger partial charge is 0.319 e. The first-order valence-electron chi connectivity index (χ1n) is 8.61. The molecule has 0 heterocycles. The van der Waals surface area contributed by atoms with Crippen molar-refractivity contribution in [1.82, 2.24) is 5.32 Å². The van der Waals surface area contributed by atoms with Gasteiger partial charge in [-0.15, -0.1) is 0 Å². The fourth-order valence-corrected chi connectivity index (χ4v) is 2.57. The van der Waals surface area contributed by atoms with Gasteiger partial charge in [0.25, 0.3) is 0 Å². The summed E-state index contributed by atoms with van der Waals surface area (Å²) >= 11 is 0. The van der Waals surface area contributed by atoms with Crippen LogP contribution in [-0.4, -0.2) is 19.7 Å². The fourth-order valence-electron chi connectivity index (χ4n) is 2.57.